The van der Waals surface area contributed by atoms with E-state index in [-0.39, 0.29) is 49.0 Å². The molecule has 5 rings (SSSR count). The minimum Gasteiger partial charge on any atom is -0.457 e. The highest BCUT2D eigenvalue weighted by molar-refractivity contribution is 8.23. The summed E-state index contributed by atoms with van der Waals surface area (Å²) in [5.74, 6) is -3.03. The van der Waals surface area contributed by atoms with E-state index < -0.39 is 63.5 Å². The number of hydrogen-bond acceptors (Lipinski definition) is 14. The number of aliphatic hydroxyl groups excluding tert-OH is 1. The second-order valence-electron chi connectivity index (χ2n) is 11.2. The van der Waals surface area contributed by atoms with Crippen molar-refractivity contribution in [1.82, 2.24) is 9.80 Å². The normalized spacial score (nSPS) is 21.5. The first kappa shape index (κ1) is 36.6. The molecule has 0 bridgehead atoms. The summed E-state index contributed by atoms with van der Waals surface area (Å²) in [5, 5.41) is 24.5. The third kappa shape index (κ3) is 7.88. The van der Waals surface area contributed by atoms with Crippen LogP contribution in [0.4, 0.5) is 16.2 Å². The Hall–Kier alpha value is -4.65. The summed E-state index contributed by atoms with van der Waals surface area (Å²) in [6.07, 6.45) is 1.17. The molecule has 2 saturated heterocycles. The number of thioether (sulfide) groups is 2. The lowest BCUT2D eigenvalue weighted by Crippen LogP contribution is -2.60. The number of ether oxygens (including phenoxy) is 3. The molecule has 0 spiro atoms. The Labute approximate surface area is 298 Å². The molecule has 50 heavy (non-hydrogen) atoms. The van der Waals surface area contributed by atoms with Crippen LogP contribution < -0.4 is 5.32 Å². The fraction of sp³-hybridized carbons (Fsp3) is 0.344. The lowest BCUT2D eigenvalue weighted by molar-refractivity contribution is -0.384. The number of carbonyl (C=O) groups is 5. The molecule has 0 aliphatic carbocycles. The van der Waals surface area contributed by atoms with E-state index in [1.165, 1.54) is 82.7 Å². The summed E-state index contributed by atoms with van der Waals surface area (Å²) in [4.78, 5) is 78.7. The molecule has 1 aromatic heterocycles. The van der Waals surface area contributed by atoms with E-state index in [1.807, 2.05) is 0 Å². The molecule has 1 unspecified atom stereocenters. The van der Waals surface area contributed by atoms with Crippen LogP contribution in [0.1, 0.15) is 28.6 Å². The Morgan fingerprint density at radius 3 is 2.46 bits per heavy atom. The van der Waals surface area contributed by atoms with Crippen molar-refractivity contribution in [3.8, 4) is 0 Å². The molecule has 3 amide bonds. The number of nitro groups is 1. The summed E-state index contributed by atoms with van der Waals surface area (Å²) in [6, 6.07) is 5.88. The number of amides is 3. The zero-order valence-electron chi connectivity index (χ0n) is 26.6. The number of carbonyl (C=O) groups excluding carboxylic acids is 5. The number of aliphatic hydroxyl groups is 1. The van der Waals surface area contributed by atoms with Crippen LogP contribution in [0, 0.1) is 16.0 Å². The minimum absolute atomic E-state index is 0.0160. The van der Waals surface area contributed by atoms with Gasteiger partial charge in [-0.1, -0.05) is 37.1 Å². The quantitative estimate of drug-likeness (QED) is 0.0696. The number of likely N-dealkylation sites (tertiary alicyclic amines) is 1. The van der Waals surface area contributed by atoms with Crippen molar-refractivity contribution in [2.45, 2.75) is 42.7 Å². The van der Waals surface area contributed by atoms with Crippen LogP contribution in [-0.2, 0) is 35.2 Å². The van der Waals surface area contributed by atoms with Crippen molar-refractivity contribution in [2.75, 3.05) is 25.1 Å². The number of esters is 2. The summed E-state index contributed by atoms with van der Waals surface area (Å²) >= 11 is 3.50. The van der Waals surface area contributed by atoms with Crippen LogP contribution >= 0.6 is 34.9 Å². The van der Waals surface area contributed by atoms with Crippen LogP contribution in [0.25, 0.3) is 0 Å². The first-order chi connectivity index (χ1) is 23.9. The average molecular weight is 745 g/mol. The molecule has 5 atom stereocenters. The molecule has 2 fully saturated rings. The number of rotatable bonds is 14. The number of nitrogens with zero attached hydrogens (tertiary/aromatic N) is 3. The number of fused-ring (bicyclic) bond motifs is 1. The second-order valence-corrected chi connectivity index (χ2v) is 14.8. The number of nitrogens with one attached hydrogen (secondary N) is 1. The van der Waals surface area contributed by atoms with E-state index in [2.05, 4.69) is 18.5 Å². The van der Waals surface area contributed by atoms with Gasteiger partial charge < -0.3 is 24.6 Å². The lowest BCUT2D eigenvalue weighted by Gasteiger charge is -2.43. The highest BCUT2D eigenvalue weighted by atomic mass is 32.2. The summed E-state index contributed by atoms with van der Waals surface area (Å²) in [5.41, 5.74) is 0.707. The predicted molar refractivity (Wildman–Crippen MR) is 185 cm³/mol. The highest BCUT2D eigenvalue weighted by Gasteiger charge is 2.58. The number of thiophene rings is 1. The standard InChI is InChI=1S/C32H32N4O11S3/c1-4-10-45-29(40)23-12-19(16-48-23)33-26(38)22-13-21(14-34(22)32(42)47-15-18-6-8-20(9-7-18)36(43)44)49-31-25(30(41)46-11-5-2)35-27(39)24(17(3)37)28(35)50-31/h4-9,12,16-17,21-22,24,28,37H,1-2,10-11,13-15H2,3H3,(H,33,38)/t17?,21-,22-,24-,28+/m0/s1. The van der Waals surface area contributed by atoms with Crippen LogP contribution in [0.3, 0.4) is 0 Å². The molecule has 264 valence electrons. The van der Waals surface area contributed by atoms with E-state index in [1.54, 1.807) is 5.38 Å². The van der Waals surface area contributed by atoms with Crippen LogP contribution in [-0.4, -0.2) is 92.2 Å². The third-order valence-corrected chi connectivity index (χ3v) is 11.5. The molecule has 3 aliphatic heterocycles. The molecule has 3 aliphatic rings. The molecule has 0 radical (unpaired) electrons. The molecule has 2 aromatic rings. The Morgan fingerprint density at radius 1 is 1.14 bits per heavy atom. The minimum atomic E-state index is -1.04. The van der Waals surface area contributed by atoms with Crippen molar-refractivity contribution in [3.05, 3.63) is 91.5 Å². The van der Waals surface area contributed by atoms with E-state index in [9.17, 15) is 39.2 Å². The first-order valence-electron chi connectivity index (χ1n) is 15.1. The smallest absolute Gasteiger partial charge is 0.410 e. The fourth-order valence-corrected chi connectivity index (χ4v) is 9.48. The largest absolute Gasteiger partial charge is 0.457 e. The van der Waals surface area contributed by atoms with Crippen molar-refractivity contribution in [3.63, 3.8) is 0 Å². The fourth-order valence-electron chi connectivity index (χ4n) is 5.39. The maximum atomic E-state index is 13.7. The Kier molecular flexibility index (Phi) is 11.7. The van der Waals surface area contributed by atoms with E-state index >= 15 is 0 Å². The van der Waals surface area contributed by atoms with Gasteiger partial charge in [0.05, 0.1) is 26.9 Å². The third-order valence-electron chi connectivity index (χ3n) is 7.78. The van der Waals surface area contributed by atoms with Gasteiger partial charge in [0, 0.05) is 29.3 Å². The van der Waals surface area contributed by atoms with Gasteiger partial charge in [0.25, 0.3) is 5.69 Å². The Bertz CT molecular complexity index is 1740. The van der Waals surface area contributed by atoms with Gasteiger partial charge in [-0.15, -0.1) is 23.1 Å². The summed E-state index contributed by atoms with van der Waals surface area (Å²) in [7, 11) is 0. The Morgan fingerprint density at radius 2 is 1.82 bits per heavy atom. The van der Waals surface area contributed by atoms with Crippen molar-refractivity contribution >= 4 is 76.1 Å². The van der Waals surface area contributed by atoms with Gasteiger partial charge in [-0.2, -0.15) is 0 Å². The molecule has 18 heteroatoms. The van der Waals surface area contributed by atoms with Gasteiger partial charge in [0.2, 0.25) is 11.8 Å². The van der Waals surface area contributed by atoms with Crippen molar-refractivity contribution in [1.29, 1.82) is 0 Å². The Balaban J connectivity index is 1.35. The number of hydrogen-bond donors (Lipinski definition) is 2. The van der Waals surface area contributed by atoms with Gasteiger partial charge in [0.1, 0.15) is 36.1 Å². The van der Waals surface area contributed by atoms with Gasteiger partial charge in [-0.3, -0.25) is 29.5 Å². The zero-order valence-corrected chi connectivity index (χ0v) is 29.0. The van der Waals surface area contributed by atoms with E-state index in [0.717, 1.165) is 11.3 Å². The molecule has 15 nitrogen and oxygen atoms in total. The molecular weight excluding hydrogens is 713 g/mol. The number of nitro benzene ring substituents is 1. The molecule has 4 heterocycles. The number of benzene rings is 1. The lowest BCUT2D eigenvalue weighted by atomic mass is 9.92. The molecule has 1 aromatic carbocycles. The summed E-state index contributed by atoms with van der Waals surface area (Å²) < 4.78 is 16.3. The topological polar surface area (TPSA) is 195 Å². The van der Waals surface area contributed by atoms with Gasteiger partial charge >= 0.3 is 18.0 Å². The first-order valence-corrected chi connectivity index (χ1v) is 17.8. The molecule has 0 saturated carbocycles. The number of β-lactam (4-membered cyclic amide) rings is 1. The highest BCUT2D eigenvalue weighted by Crippen LogP contribution is 2.55. The van der Waals surface area contributed by atoms with Crippen molar-refractivity contribution < 1.29 is 48.2 Å². The van der Waals surface area contributed by atoms with E-state index in [4.69, 9.17) is 14.2 Å². The molecular formula is C32H32N4O11S3. The maximum absolute atomic E-state index is 13.7. The number of non-ortho nitro benzene ring substituents is 1. The average Bonchev–Trinajstić information content (AvgIpc) is 3.81. The van der Waals surface area contributed by atoms with Gasteiger partial charge in [0.15, 0.2) is 5.70 Å². The van der Waals surface area contributed by atoms with Crippen LogP contribution in [0.2, 0.25) is 0 Å². The maximum Gasteiger partial charge on any atom is 0.410 e. The molecule has 2 N–H and O–H groups in total. The SMILES string of the molecule is C=CCOC(=O)C1=C(S[C@H]2C[C@@H](C(=O)Nc3csc(C(=O)OCC=C)c3)N(C(=O)OCc3ccc([N+](=O)[O-])cc3)C2)S[C@@H]2[C@@H](C(C)O)C(=O)N12. The van der Waals surface area contributed by atoms with E-state index in [0.29, 0.717) is 15.5 Å². The summed E-state index contributed by atoms with van der Waals surface area (Å²) in [6.45, 7) is 8.28. The zero-order chi connectivity index (χ0) is 36.1. The van der Waals surface area contributed by atoms with Crippen molar-refractivity contribution in [2.24, 2.45) is 5.92 Å². The van der Waals surface area contributed by atoms with Crippen LogP contribution in [0.15, 0.2) is 71.0 Å². The van der Waals surface area contributed by atoms with Crippen LogP contribution in [0.5, 0.6) is 0 Å². The number of anilines is 1. The van der Waals surface area contributed by atoms with Gasteiger partial charge in [-0.05, 0) is 37.1 Å². The second kappa shape index (κ2) is 15.9. The van der Waals surface area contributed by atoms with Gasteiger partial charge in [-0.25, -0.2) is 14.4 Å². The monoisotopic (exact) mass is 744 g/mol. The predicted octanol–water partition coefficient (Wildman–Crippen LogP) is 4.26.